The molecule has 1 aromatic carbocycles. The molecular weight excluding hydrogens is 244 g/mol. The van der Waals surface area contributed by atoms with E-state index in [1.54, 1.807) is 4.90 Å². The van der Waals surface area contributed by atoms with E-state index < -0.39 is 0 Å². The SMILES string of the molecule is C[C@H]1CCCC[C@@H]1[NH+]1CC[NH+](Cc2ccccc2)CC1. The lowest BCUT2D eigenvalue weighted by Crippen LogP contribution is -3.29. The van der Waals surface area contributed by atoms with Crippen molar-refractivity contribution in [2.45, 2.75) is 45.2 Å². The third-order valence-corrected chi connectivity index (χ3v) is 5.53. The first-order chi connectivity index (χ1) is 9.83. The summed E-state index contributed by atoms with van der Waals surface area (Å²) >= 11 is 0. The molecule has 1 saturated carbocycles. The maximum absolute atomic E-state index is 2.49. The zero-order valence-corrected chi connectivity index (χ0v) is 12.9. The van der Waals surface area contributed by atoms with Crippen molar-refractivity contribution < 1.29 is 9.80 Å². The van der Waals surface area contributed by atoms with Crippen LogP contribution in [-0.2, 0) is 6.54 Å². The maximum Gasteiger partial charge on any atom is 0.127 e. The molecular formula is C18H30N2+2. The first-order valence-corrected chi connectivity index (χ1v) is 8.55. The molecule has 2 nitrogen and oxygen atoms in total. The summed E-state index contributed by atoms with van der Waals surface area (Å²) in [7, 11) is 0. The van der Waals surface area contributed by atoms with Gasteiger partial charge in [-0.1, -0.05) is 43.7 Å². The Morgan fingerprint density at radius 3 is 2.35 bits per heavy atom. The Kier molecular flexibility index (Phi) is 4.74. The van der Waals surface area contributed by atoms with Crippen molar-refractivity contribution >= 4 is 0 Å². The van der Waals surface area contributed by atoms with Crippen LogP contribution in [0, 0.1) is 5.92 Å². The minimum Gasteiger partial charge on any atom is -0.323 e. The van der Waals surface area contributed by atoms with Crippen LogP contribution in [0.2, 0.25) is 0 Å². The van der Waals surface area contributed by atoms with Crippen molar-refractivity contribution in [1.82, 2.24) is 0 Å². The molecule has 0 unspecified atom stereocenters. The van der Waals surface area contributed by atoms with Gasteiger partial charge in [0.05, 0.1) is 6.04 Å². The number of nitrogens with one attached hydrogen (secondary N) is 2. The van der Waals surface area contributed by atoms with E-state index in [4.69, 9.17) is 0 Å². The van der Waals surface area contributed by atoms with E-state index in [1.807, 2.05) is 4.90 Å². The van der Waals surface area contributed by atoms with E-state index in [9.17, 15) is 0 Å². The average molecular weight is 274 g/mol. The average Bonchev–Trinajstić information content (AvgIpc) is 2.50. The van der Waals surface area contributed by atoms with Crippen molar-refractivity contribution in [3.63, 3.8) is 0 Å². The summed E-state index contributed by atoms with van der Waals surface area (Å²) in [6, 6.07) is 12.0. The minimum atomic E-state index is 0.953. The number of piperazine rings is 1. The Labute approximate surface area is 123 Å². The van der Waals surface area contributed by atoms with Crippen LogP contribution in [0.4, 0.5) is 0 Å². The van der Waals surface area contributed by atoms with Gasteiger partial charge in [-0.25, -0.2) is 0 Å². The summed E-state index contributed by atoms with van der Waals surface area (Å²) in [6.45, 7) is 9.18. The highest BCUT2D eigenvalue weighted by molar-refractivity contribution is 5.13. The summed E-state index contributed by atoms with van der Waals surface area (Å²) in [5, 5.41) is 0. The van der Waals surface area contributed by atoms with Crippen LogP contribution < -0.4 is 9.80 Å². The Morgan fingerprint density at radius 1 is 0.950 bits per heavy atom. The fourth-order valence-corrected chi connectivity index (χ4v) is 4.28. The van der Waals surface area contributed by atoms with Gasteiger partial charge in [0.2, 0.25) is 0 Å². The third kappa shape index (κ3) is 3.42. The molecule has 1 heterocycles. The largest absolute Gasteiger partial charge is 0.323 e. The topological polar surface area (TPSA) is 8.88 Å². The molecule has 0 amide bonds. The zero-order valence-electron chi connectivity index (χ0n) is 12.9. The second-order valence-corrected chi connectivity index (χ2v) is 6.94. The predicted octanol–water partition coefficient (Wildman–Crippen LogP) is 0.549. The number of benzene rings is 1. The zero-order chi connectivity index (χ0) is 13.8. The van der Waals surface area contributed by atoms with Gasteiger partial charge in [0.25, 0.3) is 0 Å². The molecule has 3 rings (SSSR count). The van der Waals surface area contributed by atoms with E-state index in [1.165, 1.54) is 64.0 Å². The first kappa shape index (κ1) is 14.1. The monoisotopic (exact) mass is 274 g/mol. The van der Waals surface area contributed by atoms with Crippen LogP contribution in [0.3, 0.4) is 0 Å². The Bertz CT molecular complexity index is 395. The van der Waals surface area contributed by atoms with Gasteiger partial charge in [0.1, 0.15) is 32.7 Å². The van der Waals surface area contributed by atoms with Crippen molar-refractivity contribution in [2.75, 3.05) is 26.2 Å². The summed E-state index contributed by atoms with van der Waals surface area (Å²) < 4.78 is 0. The highest BCUT2D eigenvalue weighted by Gasteiger charge is 2.34. The van der Waals surface area contributed by atoms with Gasteiger partial charge in [-0.3, -0.25) is 0 Å². The van der Waals surface area contributed by atoms with Gasteiger partial charge in [0, 0.05) is 11.5 Å². The second kappa shape index (κ2) is 6.73. The quantitative estimate of drug-likeness (QED) is 0.796. The normalized spacial score (nSPS) is 34.9. The highest BCUT2D eigenvalue weighted by Crippen LogP contribution is 2.21. The third-order valence-electron chi connectivity index (χ3n) is 5.53. The molecule has 2 heteroatoms. The van der Waals surface area contributed by atoms with Crippen molar-refractivity contribution in [3.05, 3.63) is 35.9 Å². The Hall–Kier alpha value is -0.860. The van der Waals surface area contributed by atoms with E-state index in [0.29, 0.717) is 0 Å². The molecule has 0 aromatic heterocycles. The van der Waals surface area contributed by atoms with Crippen molar-refractivity contribution in [1.29, 1.82) is 0 Å². The lowest BCUT2D eigenvalue weighted by molar-refractivity contribution is -1.03. The van der Waals surface area contributed by atoms with Crippen LogP contribution >= 0.6 is 0 Å². The molecule has 2 N–H and O–H groups in total. The van der Waals surface area contributed by atoms with E-state index in [0.717, 1.165) is 12.0 Å². The maximum atomic E-state index is 2.49. The molecule has 1 saturated heterocycles. The summed E-state index contributed by atoms with van der Waals surface area (Å²) in [5.74, 6) is 0.953. The van der Waals surface area contributed by atoms with E-state index >= 15 is 0 Å². The van der Waals surface area contributed by atoms with Crippen molar-refractivity contribution in [2.24, 2.45) is 5.92 Å². The van der Waals surface area contributed by atoms with Crippen LogP contribution in [0.5, 0.6) is 0 Å². The summed E-state index contributed by atoms with van der Waals surface area (Å²) in [4.78, 5) is 3.69. The molecule has 1 aliphatic carbocycles. The van der Waals surface area contributed by atoms with Gasteiger partial charge in [-0.15, -0.1) is 0 Å². The lowest BCUT2D eigenvalue weighted by atomic mass is 9.84. The van der Waals surface area contributed by atoms with Gasteiger partial charge in [0.15, 0.2) is 0 Å². The van der Waals surface area contributed by atoms with Crippen LogP contribution in [0.25, 0.3) is 0 Å². The van der Waals surface area contributed by atoms with Crippen LogP contribution in [0.15, 0.2) is 30.3 Å². The van der Waals surface area contributed by atoms with Crippen LogP contribution in [-0.4, -0.2) is 32.2 Å². The molecule has 0 radical (unpaired) electrons. The molecule has 0 spiro atoms. The van der Waals surface area contributed by atoms with Crippen molar-refractivity contribution in [3.8, 4) is 0 Å². The van der Waals surface area contributed by atoms with Gasteiger partial charge >= 0.3 is 0 Å². The van der Waals surface area contributed by atoms with Gasteiger partial charge in [-0.2, -0.15) is 0 Å². The Balaban J connectivity index is 1.49. The molecule has 2 aliphatic rings. The van der Waals surface area contributed by atoms with Gasteiger partial charge < -0.3 is 9.80 Å². The standard InChI is InChI=1S/C18H28N2/c1-16-7-5-6-10-18(16)20-13-11-19(12-14-20)15-17-8-3-2-4-9-17/h2-4,8-9,16,18H,5-7,10-15H2,1H3/p+2/t16-,18-/m0/s1. The minimum absolute atomic E-state index is 0.953. The summed E-state index contributed by atoms with van der Waals surface area (Å²) in [6.07, 6.45) is 5.88. The van der Waals surface area contributed by atoms with E-state index in [-0.39, 0.29) is 0 Å². The summed E-state index contributed by atoms with van der Waals surface area (Å²) in [5.41, 5.74) is 1.50. The Morgan fingerprint density at radius 2 is 1.65 bits per heavy atom. The van der Waals surface area contributed by atoms with E-state index in [2.05, 4.69) is 37.3 Å². The molecule has 20 heavy (non-hydrogen) atoms. The second-order valence-electron chi connectivity index (χ2n) is 6.94. The molecule has 1 aliphatic heterocycles. The molecule has 2 atom stereocenters. The number of hydrogen-bond acceptors (Lipinski definition) is 0. The first-order valence-electron chi connectivity index (χ1n) is 8.55. The van der Waals surface area contributed by atoms with Gasteiger partial charge in [-0.05, 0) is 19.3 Å². The number of hydrogen-bond donors (Lipinski definition) is 2. The number of quaternary nitrogens is 2. The molecule has 110 valence electrons. The predicted molar refractivity (Wildman–Crippen MR) is 83.0 cm³/mol. The highest BCUT2D eigenvalue weighted by atomic mass is 15.3. The lowest BCUT2D eigenvalue weighted by Gasteiger charge is -2.39. The fraction of sp³-hybridized carbons (Fsp3) is 0.667. The van der Waals surface area contributed by atoms with Crippen LogP contribution in [0.1, 0.15) is 38.2 Å². The number of rotatable bonds is 3. The molecule has 1 aromatic rings. The molecule has 2 fully saturated rings. The molecule has 0 bridgehead atoms. The fourth-order valence-electron chi connectivity index (χ4n) is 4.28. The smallest absolute Gasteiger partial charge is 0.127 e.